The van der Waals surface area contributed by atoms with E-state index < -0.39 is 0 Å². The van der Waals surface area contributed by atoms with Crippen LogP contribution in [-0.4, -0.2) is 34.6 Å². The largest absolute Gasteiger partial charge is 0.326 e. The van der Waals surface area contributed by atoms with Crippen LogP contribution in [0.25, 0.3) is 11.0 Å². The number of carbonyl (C=O) groups is 1. The number of quaternary nitrogens is 1. The summed E-state index contributed by atoms with van der Waals surface area (Å²) in [6, 6.07) is 14.2. The van der Waals surface area contributed by atoms with Crippen molar-refractivity contribution < 1.29 is 9.69 Å². The lowest BCUT2D eigenvalue weighted by Gasteiger charge is -2.33. The van der Waals surface area contributed by atoms with Crippen molar-refractivity contribution in [2.45, 2.75) is 51.1 Å². The zero-order valence-electron chi connectivity index (χ0n) is 17.4. The van der Waals surface area contributed by atoms with Gasteiger partial charge in [0.15, 0.2) is 6.04 Å². The van der Waals surface area contributed by atoms with Gasteiger partial charge in [-0.05, 0) is 61.6 Å². The molecule has 0 saturated carbocycles. The van der Waals surface area contributed by atoms with Crippen molar-refractivity contribution in [2.75, 3.05) is 18.4 Å². The Hall–Kier alpha value is -2.86. The van der Waals surface area contributed by atoms with Crippen LogP contribution in [-0.2, 0) is 17.6 Å². The van der Waals surface area contributed by atoms with Gasteiger partial charge in [-0.1, -0.05) is 18.2 Å². The summed E-state index contributed by atoms with van der Waals surface area (Å²) in [4.78, 5) is 29.6. The van der Waals surface area contributed by atoms with Crippen LogP contribution in [0.5, 0.6) is 0 Å². The number of anilines is 1. The maximum atomic E-state index is 12.9. The molecule has 1 saturated heterocycles. The van der Waals surface area contributed by atoms with E-state index in [0.29, 0.717) is 0 Å². The lowest BCUT2D eigenvalue weighted by Crippen LogP contribution is -3.17. The number of amides is 1. The van der Waals surface area contributed by atoms with Gasteiger partial charge in [-0.25, -0.2) is 4.79 Å². The van der Waals surface area contributed by atoms with Crippen LogP contribution >= 0.6 is 0 Å². The molecule has 2 aromatic carbocycles. The highest BCUT2D eigenvalue weighted by molar-refractivity contribution is 5.93. The van der Waals surface area contributed by atoms with Crippen LogP contribution in [0, 0.1) is 0 Å². The van der Waals surface area contributed by atoms with Crippen molar-refractivity contribution in [2.24, 2.45) is 0 Å². The molecule has 1 amide bonds. The lowest BCUT2D eigenvalue weighted by molar-refractivity contribution is -0.919. The smallest absolute Gasteiger partial charge is 0.325 e. The summed E-state index contributed by atoms with van der Waals surface area (Å²) in [5.74, 6) is 0.0747. The second kappa shape index (κ2) is 7.76. The van der Waals surface area contributed by atoms with Gasteiger partial charge in [-0.3, -0.25) is 9.36 Å². The summed E-state index contributed by atoms with van der Waals surface area (Å²) in [5, 5.41) is 3.12. The minimum absolute atomic E-state index is 0.0351. The number of carbonyl (C=O) groups excluding carboxylic acids is 1. The number of likely N-dealkylation sites (tertiary alicyclic amines) is 1. The van der Waals surface area contributed by atoms with Crippen molar-refractivity contribution in [1.29, 1.82) is 0 Å². The minimum Gasteiger partial charge on any atom is -0.325 e. The molecular weight excluding hydrogens is 376 g/mol. The Labute approximate surface area is 175 Å². The number of benzene rings is 2. The highest BCUT2D eigenvalue weighted by Crippen LogP contribution is 2.25. The average Bonchev–Trinajstić information content (AvgIpc) is 3.36. The molecule has 3 N–H and O–H groups in total. The number of aromatic amines is 1. The first kappa shape index (κ1) is 19.1. The molecule has 2 heterocycles. The van der Waals surface area contributed by atoms with E-state index in [1.807, 2.05) is 41.8 Å². The summed E-state index contributed by atoms with van der Waals surface area (Å²) < 4.78 is 1.90. The van der Waals surface area contributed by atoms with E-state index in [1.165, 1.54) is 22.4 Å². The third kappa shape index (κ3) is 3.45. The molecule has 30 heavy (non-hydrogen) atoms. The first-order valence-electron chi connectivity index (χ1n) is 11.1. The van der Waals surface area contributed by atoms with Gasteiger partial charge in [0, 0.05) is 24.6 Å². The Morgan fingerprint density at radius 2 is 1.90 bits per heavy atom. The van der Waals surface area contributed by atoms with E-state index in [1.54, 1.807) is 0 Å². The molecule has 0 unspecified atom stereocenters. The van der Waals surface area contributed by atoms with Crippen molar-refractivity contribution in [1.82, 2.24) is 9.55 Å². The third-order valence-electron chi connectivity index (χ3n) is 6.96. The highest BCUT2D eigenvalue weighted by atomic mass is 16.2. The number of imidazole rings is 1. The Kier molecular flexibility index (Phi) is 4.95. The molecule has 6 heteroatoms. The zero-order valence-corrected chi connectivity index (χ0v) is 17.4. The fourth-order valence-corrected chi connectivity index (χ4v) is 5.19. The number of aryl methyl sites for hydroxylation is 2. The molecule has 1 aliphatic carbocycles. The fourth-order valence-electron chi connectivity index (χ4n) is 5.19. The van der Waals surface area contributed by atoms with Crippen LogP contribution in [0.2, 0.25) is 0 Å². The zero-order chi connectivity index (χ0) is 20.7. The normalized spacial score (nSPS) is 22.0. The van der Waals surface area contributed by atoms with E-state index in [9.17, 15) is 9.59 Å². The number of hydrogen-bond donors (Lipinski definition) is 3. The first-order chi connectivity index (χ1) is 14.6. The van der Waals surface area contributed by atoms with Crippen LogP contribution in [0.1, 0.15) is 43.4 Å². The molecule has 1 atom stereocenters. The van der Waals surface area contributed by atoms with Gasteiger partial charge in [0.05, 0.1) is 24.1 Å². The quantitative estimate of drug-likeness (QED) is 0.622. The van der Waals surface area contributed by atoms with Gasteiger partial charge in [-0.2, -0.15) is 0 Å². The Morgan fingerprint density at radius 3 is 2.73 bits per heavy atom. The molecule has 5 rings (SSSR count). The summed E-state index contributed by atoms with van der Waals surface area (Å²) in [5.41, 5.74) is 5.52. The lowest BCUT2D eigenvalue weighted by atomic mass is 10.0. The predicted molar refractivity (Wildman–Crippen MR) is 118 cm³/mol. The van der Waals surface area contributed by atoms with Gasteiger partial charge in [0.25, 0.3) is 5.91 Å². The van der Waals surface area contributed by atoms with E-state index in [2.05, 4.69) is 22.4 Å². The van der Waals surface area contributed by atoms with Crippen molar-refractivity contribution in [3.05, 3.63) is 64.1 Å². The number of hydrogen-bond acceptors (Lipinski definition) is 2. The monoisotopic (exact) mass is 405 g/mol. The van der Waals surface area contributed by atoms with Gasteiger partial charge < -0.3 is 15.2 Å². The fraction of sp³-hybridized carbons (Fsp3) is 0.417. The number of aromatic nitrogens is 2. The third-order valence-corrected chi connectivity index (χ3v) is 6.96. The van der Waals surface area contributed by atoms with Crippen molar-refractivity contribution in [3.8, 4) is 0 Å². The van der Waals surface area contributed by atoms with Gasteiger partial charge in [0.1, 0.15) is 0 Å². The van der Waals surface area contributed by atoms with E-state index >= 15 is 0 Å². The minimum atomic E-state index is -0.112. The Bertz CT molecular complexity index is 1140. The van der Waals surface area contributed by atoms with Crippen molar-refractivity contribution >= 4 is 22.6 Å². The second-order valence-electron chi connectivity index (χ2n) is 8.75. The average molecular weight is 406 g/mol. The standard InChI is InChI=1S/C24H28N4O2/c1-16(23(29)25-19-10-9-17-5-4-6-18(17)15-19)27-13-11-20(12-14-27)28-22-8-3-2-7-21(22)26-24(28)30/h2-3,7-10,15-16,20H,4-6,11-14H2,1H3,(H,25,29)(H,26,30)/p+1/t16-/m1/s1. The molecule has 1 fully saturated rings. The predicted octanol–water partition coefficient (Wildman–Crippen LogP) is 2.07. The molecule has 0 bridgehead atoms. The van der Waals surface area contributed by atoms with E-state index in [4.69, 9.17) is 0 Å². The van der Waals surface area contributed by atoms with Gasteiger partial charge >= 0.3 is 5.69 Å². The summed E-state index contributed by atoms with van der Waals surface area (Å²) in [6.07, 6.45) is 5.27. The SMILES string of the molecule is C[C@H](C(=O)Nc1ccc2c(c1)CCC2)[NH+]1CCC(n2c(=O)[nH]c3ccccc32)CC1. The van der Waals surface area contributed by atoms with Gasteiger partial charge in [-0.15, -0.1) is 0 Å². The molecule has 0 radical (unpaired) electrons. The Balaban J connectivity index is 1.23. The molecule has 156 valence electrons. The maximum Gasteiger partial charge on any atom is 0.326 e. The summed E-state index contributed by atoms with van der Waals surface area (Å²) in [7, 11) is 0. The number of rotatable bonds is 4. The van der Waals surface area contributed by atoms with Gasteiger partial charge in [0.2, 0.25) is 0 Å². The van der Waals surface area contributed by atoms with Crippen molar-refractivity contribution in [3.63, 3.8) is 0 Å². The first-order valence-corrected chi connectivity index (χ1v) is 11.1. The molecule has 1 aliphatic heterocycles. The topological polar surface area (TPSA) is 71.3 Å². The molecule has 2 aliphatic rings. The number of nitrogens with one attached hydrogen (secondary N) is 3. The molecule has 0 spiro atoms. The Morgan fingerprint density at radius 1 is 1.13 bits per heavy atom. The van der Waals surface area contributed by atoms with Crippen LogP contribution in [0.4, 0.5) is 5.69 Å². The van der Waals surface area contributed by atoms with E-state index in [0.717, 1.165) is 55.5 Å². The second-order valence-corrected chi connectivity index (χ2v) is 8.75. The van der Waals surface area contributed by atoms with E-state index in [-0.39, 0.29) is 23.7 Å². The summed E-state index contributed by atoms with van der Waals surface area (Å²) in [6.45, 7) is 3.78. The number of para-hydroxylation sites is 2. The molecular formula is C24H29N4O2+. The number of nitrogens with zero attached hydrogens (tertiary/aromatic N) is 1. The summed E-state index contributed by atoms with van der Waals surface area (Å²) >= 11 is 0. The molecule has 6 nitrogen and oxygen atoms in total. The van der Waals surface area contributed by atoms with Crippen LogP contribution in [0.3, 0.4) is 0 Å². The molecule has 3 aromatic rings. The van der Waals surface area contributed by atoms with Crippen LogP contribution < -0.4 is 15.9 Å². The van der Waals surface area contributed by atoms with Crippen LogP contribution in [0.15, 0.2) is 47.3 Å². The number of H-pyrrole nitrogens is 1. The molecule has 1 aromatic heterocycles. The number of fused-ring (bicyclic) bond motifs is 2. The highest BCUT2D eigenvalue weighted by Gasteiger charge is 2.32. The number of piperidine rings is 1. The maximum absolute atomic E-state index is 12.9.